The second-order valence-corrected chi connectivity index (χ2v) is 4.97. The Balaban J connectivity index is 1.92. The van der Waals surface area contributed by atoms with Crippen LogP contribution in [0.3, 0.4) is 0 Å². The molecule has 0 aliphatic carbocycles. The number of para-hydroxylation sites is 1. The van der Waals surface area contributed by atoms with Crippen LogP contribution in [0.1, 0.15) is 23.5 Å². The predicted octanol–water partition coefficient (Wildman–Crippen LogP) is 2.74. The predicted molar refractivity (Wildman–Crippen MR) is 78.1 cm³/mol. The van der Waals surface area contributed by atoms with Crippen molar-refractivity contribution in [2.75, 3.05) is 6.61 Å². The summed E-state index contributed by atoms with van der Waals surface area (Å²) in [6, 6.07) is 15.6. The van der Waals surface area contributed by atoms with Crippen LogP contribution in [0.4, 0.5) is 5.69 Å². The van der Waals surface area contributed by atoms with Crippen molar-refractivity contribution in [3.63, 3.8) is 0 Å². The molecule has 114 valence electrons. The zero-order valence-electron chi connectivity index (χ0n) is 11.7. The molecule has 1 saturated heterocycles. The Morgan fingerprint density at radius 1 is 1.05 bits per heavy atom. The second-order valence-electron chi connectivity index (χ2n) is 4.97. The number of benzene rings is 2. The van der Waals surface area contributed by atoms with Gasteiger partial charge in [-0.1, -0.05) is 42.5 Å². The van der Waals surface area contributed by atoms with Crippen molar-refractivity contribution in [3.05, 3.63) is 75.8 Å². The molecule has 0 aromatic heterocycles. The van der Waals surface area contributed by atoms with E-state index in [0.29, 0.717) is 5.56 Å². The van der Waals surface area contributed by atoms with Crippen LogP contribution < -0.4 is 0 Å². The number of nitrogens with zero attached hydrogens (tertiary/aromatic N) is 1. The van der Waals surface area contributed by atoms with Gasteiger partial charge in [0.25, 0.3) is 5.69 Å². The van der Waals surface area contributed by atoms with E-state index >= 15 is 0 Å². The number of nitro benzene ring substituents is 1. The van der Waals surface area contributed by atoms with Gasteiger partial charge in [0, 0.05) is 11.6 Å². The van der Waals surface area contributed by atoms with Gasteiger partial charge in [-0.3, -0.25) is 10.1 Å². The number of aliphatic hydroxyl groups is 1. The van der Waals surface area contributed by atoms with Crippen molar-refractivity contribution in [2.45, 2.75) is 18.5 Å². The van der Waals surface area contributed by atoms with Gasteiger partial charge in [-0.05, 0) is 6.07 Å². The second kappa shape index (κ2) is 6.23. The van der Waals surface area contributed by atoms with Crippen LogP contribution in [0, 0.1) is 10.1 Å². The number of ether oxygens (including phenoxy) is 2. The average Bonchev–Trinajstić information content (AvgIpc) is 3.00. The first-order valence-electron chi connectivity index (χ1n) is 6.90. The lowest BCUT2D eigenvalue weighted by molar-refractivity contribution is -0.386. The Labute approximate surface area is 127 Å². The molecule has 2 aromatic rings. The van der Waals surface area contributed by atoms with E-state index in [4.69, 9.17) is 9.47 Å². The molecule has 22 heavy (non-hydrogen) atoms. The van der Waals surface area contributed by atoms with Crippen molar-refractivity contribution in [3.8, 4) is 0 Å². The van der Waals surface area contributed by atoms with E-state index < -0.39 is 23.4 Å². The fourth-order valence-corrected chi connectivity index (χ4v) is 2.56. The van der Waals surface area contributed by atoms with E-state index in [2.05, 4.69) is 0 Å². The zero-order chi connectivity index (χ0) is 15.5. The maximum absolute atomic E-state index is 11.2. The van der Waals surface area contributed by atoms with E-state index in [1.54, 1.807) is 18.2 Å². The lowest BCUT2D eigenvalue weighted by Crippen LogP contribution is -2.20. The molecule has 0 saturated carbocycles. The molecule has 1 unspecified atom stereocenters. The third kappa shape index (κ3) is 2.71. The minimum Gasteiger partial charge on any atom is -0.394 e. The number of aliphatic hydroxyl groups excluding tert-OH is 1. The van der Waals surface area contributed by atoms with Gasteiger partial charge in [-0.2, -0.15) is 0 Å². The molecule has 1 aliphatic heterocycles. The summed E-state index contributed by atoms with van der Waals surface area (Å²) in [5.41, 5.74) is 1.18. The highest BCUT2D eigenvalue weighted by molar-refractivity contribution is 5.42. The van der Waals surface area contributed by atoms with Crippen molar-refractivity contribution < 1.29 is 19.5 Å². The zero-order valence-corrected chi connectivity index (χ0v) is 11.7. The van der Waals surface area contributed by atoms with Crippen LogP contribution in [0.2, 0.25) is 0 Å². The lowest BCUT2D eigenvalue weighted by atomic mass is 10.0. The van der Waals surface area contributed by atoms with Crippen molar-refractivity contribution >= 4 is 5.69 Å². The number of rotatable bonds is 4. The van der Waals surface area contributed by atoms with Crippen LogP contribution >= 0.6 is 0 Å². The van der Waals surface area contributed by atoms with Gasteiger partial charge < -0.3 is 14.6 Å². The van der Waals surface area contributed by atoms with Crippen LogP contribution in [0.25, 0.3) is 0 Å². The third-order valence-corrected chi connectivity index (χ3v) is 3.60. The molecule has 0 amide bonds. The molecule has 3 rings (SSSR count). The van der Waals surface area contributed by atoms with E-state index in [-0.39, 0.29) is 12.3 Å². The van der Waals surface area contributed by atoms with Gasteiger partial charge in [0.05, 0.1) is 17.1 Å². The minimum atomic E-state index is -0.684. The molecule has 1 heterocycles. The van der Waals surface area contributed by atoms with Crippen LogP contribution in [0.15, 0.2) is 54.6 Å². The molecule has 1 N–H and O–H groups in total. The van der Waals surface area contributed by atoms with E-state index in [1.165, 1.54) is 6.07 Å². The summed E-state index contributed by atoms with van der Waals surface area (Å²) in [4.78, 5) is 10.7. The Hall–Kier alpha value is -2.28. The topological polar surface area (TPSA) is 81.8 Å². The smallest absolute Gasteiger partial charge is 0.275 e. The normalized spacial score (nSPS) is 24.3. The Morgan fingerprint density at radius 3 is 2.41 bits per heavy atom. The van der Waals surface area contributed by atoms with Gasteiger partial charge in [0.15, 0.2) is 6.29 Å². The highest BCUT2D eigenvalue weighted by atomic mass is 16.7. The van der Waals surface area contributed by atoms with Crippen molar-refractivity contribution in [2.24, 2.45) is 0 Å². The standard InChI is InChI=1S/C16H15NO5/c18-10-14-15(12-8-4-5-9-13(12)17(19)20)22-16(21-14)11-6-2-1-3-7-11/h1-9,14-16,18H,10H2/t14-,15-,16?/m0/s1. The average molecular weight is 301 g/mol. The molecule has 1 fully saturated rings. The third-order valence-electron chi connectivity index (χ3n) is 3.60. The first-order valence-corrected chi connectivity index (χ1v) is 6.90. The lowest BCUT2D eigenvalue weighted by Gasteiger charge is -2.14. The summed E-state index contributed by atoms with van der Waals surface area (Å²) < 4.78 is 11.5. The summed E-state index contributed by atoms with van der Waals surface area (Å²) in [6.07, 6.45) is -1.98. The molecule has 1 aliphatic rings. The van der Waals surface area contributed by atoms with Crippen LogP contribution in [-0.2, 0) is 9.47 Å². The Kier molecular flexibility index (Phi) is 4.15. The maximum atomic E-state index is 11.2. The van der Waals surface area contributed by atoms with E-state index in [9.17, 15) is 15.2 Å². The SMILES string of the molecule is O=[N+]([O-])c1ccccc1[C@@H]1OC(c2ccccc2)O[C@H]1CO. The van der Waals surface area contributed by atoms with Gasteiger partial charge >= 0.3 is 0 Å². The van der Waals surface area contributed by atoms with E-state index in [1.807, 2.05) is 30.3 Å². The molecular weight excluding hydrogens is 286 g/mol. The summed E-state index contributed by atoms with van der Waals surface area (Å²) in [6.45, 7) is -0.278. The first kappa shape index (κ1) is 14.6. The maximum Gasteiger partial charge on any atom is 0.275 e. The Bertz CT molecular complexity index is 661. The summed E-state index contributed by atoms with van der Waals surface area (Å²) in [7, 11) is 0. The molecule has 3 atom stereocenters. The molecule has 0 bridgehead atoms. The van der Waals surface area contributed by atoms with Crippen LogP contribution in [0.5, 0.6) is 0 Å². The number of nitro groups is 1. The number of hydrogen-bond acceptors (Lipinski definition) is 5. The summed E-state index contributed by atoms with van der Waals surface area (Å²) >= 11 is 0. The van der Waals surface area contributed by atoms with Crippen LogP contribution in [-0.4, -0.2) is 22.7 Å². The van der Waals surface area contributed by atoms with Crippen molar-refractivity contribution in [1.29, 1.82) is 0 Å². The quantitative estimate of drug-likeness (QED) is 0.693. The molecule has 2 aromatic carbocycles. The molecular formula is C16H15NO5. The van der Waals surface area contributed by atoms with Gasteiger partial charge in [-0.15, -0.1) is 0 Å². The van der Waals surface area contributed by atoms with Crippen molar-refractivity contribution in [1.82, 2.24) is 0 Å². The fourth-order valence-electron chi connectivity index (χ4n) is 2.56. The Morgan fingerprint density at radius 2 is 1.73 bits per heavy atom. The monoisotopic (exact) mass is 301 g/mol. The molecule has 0 spiro atoms. The first-order chi connectivity index (χ1) is 10.7. The fraction of sp³-hybridized carbons (Fsp3) is 0.250. The highest BCUT2D eigenvalue weighted by Crippen LogP contribution is 2.42. The molecule has 6 nitrogen and oxygen atoms in total. The molecule has 0 radical (unpaired) electrons. The highest BCUT2D eigenvalue weighted by Gasteiger charge is 2.40. The largest absolute Gasteiger partial charge is 0.394 e. The summed E-state index contributed by atoms with van der Waals surface area (Å²) in [5.74, 6) is 0. The van der Waals surface area contributed by atoms with E-state index in [0.717, 1.165) is 5.56 Å². The van der Waals surface area contributed by atoms with Gasteiger partial charge in [0.1, 0.15) is 12.2 Å². The minimum absolute atomic E-state index is 0.0386. The molecule has 6 heteroatoms. The summed E-state index contributed by atoms with van der Waals surface area (Å²) in [5, 5.41) is 20.7. The van der Waals surface area contributed by atoms with Gasteiger partial charge in [0.2, 0.25) is 0 Å². The number of hydrogen-bond donors (Lipinski definition) is 1. The van der Waals surface area contributed by atoms with Gasteiger partial charge in [-0.25, -0.2) is 0 Å².